The quantitative estimate of drug-likeness (QED) is 0.371. The molecule has 5 rings (SSSR count). The van der Waals surface area contributed by atoms with Crippen molar-refractivity contribution in [1.29, 1.82) is 5.26 Å². The molecule has 0 spiro atoms. The minimum Gasteiger partial charge on any atom is -0.393 e. The number of aliphatic hydroxyl groups excluding tert-OH is 1. The van der Waals surface area contributed by atoms with Crippen LogP contribution in [0.15, 0.2) is 55.1 Å². The summed E-state index contributed by atoms with van der Waals surface area (Å²) in [6, 6.07) is 12.5. The smallest absolute Gasteiger partial charge is 0.103 e. The third-order valence-electron chi connectivity index (χ3n) is 6.60. The molecule has 1 fully saturated rings. The van der Waals surface area contributed by atoms with Gasteiger partial charge in [-0.05, 0) is 67.3 Å². The summed E-state index contributed by atoms with van der Waals surface area (Å²) in [7, 11) is 0. The Morgan fingerprint density at radius 3 is 2.77 bits per heavy atom. The number of aromatic nitrogens is 3. The third-order valence-corrected chi connectivity index (χ3v) is 6.60. The van der Waals surface area contributed by atoms with Crippen molar-refractivity contribution in [3.63, 3.8) is 0 Å². The van der Waals surface area contributed by atoms with Crippen molar-refractivity contribution in [2.45, 2.75) is 32.4 Å². The summed E-state index contributed by atoms with van der Waals surface area (Å²) in [5, 5.41) is 24.0. The number of pyridine rings is 2. The molecule has 1 aromatic carbocycles. The number of hydrogen-bond acceptors (Lipinski definition) is 6. The third kappa shape index (κ3) is 5.09. The van der Waals surface area contributed by atoms with Crippen LogP contribution in [0.5, 0.6) is 0 Å². The van der Waals surface area contributed by atoms with E-state index in [1.807, 2.05) is 42.7 Å². The van der Waals surface area contributed by atoms with Crippen LogP contribution in [0, 0.1) is 18.3 Å². The number of aromatic amines is 1. The number of anilines is 2. The van der Waals surface area contributed by atoms with Gasteiger partial charge >= 0.3 is 0 Å². The Hall–Kier alpha value is -3.99. The monoisotopic (exact) mass is 464 g/mol. The molecule has 7 nitrogen and oxygen atoms in total. The first-order valence-corrected chi connectivity index (χ1v) is 11.9. The van der Waals surface area contributed by atoms with E-state index < -0.39 is 0 Å². The van der Waals surface area contributed by atoms with Gasteiger partial charge in [-0.2, -0.15) is 5.26 Å². The zero-order valence-corrected chi connectivity index (χ0v) is 19.7. The average molecular weight is 465 g/mol. The van der Waals surface area contributed by atoms with Gasteiger partial charge in [-0.1, -0.05) is 6.07 Å². The molecule has 0 saturated carbocycles. The highest BCUT2D eigenvalue weighted by Gasteiger charge is 2.17. The molecule has 3 N–H and O–H groups in total. The Morgan fingerprint density at radius 2 is 2.00 bits per heavy atom. The number of nitrogens with zero attached hydrogens (tertiary/aromatic N) is 4. The second kappa shape index (κ2) is 10.1. The second-order valence-corrected chi connectivity index (χ2v) is 9.00. The minimum atomic E-state index is -0.161. The lowest BCUT2D eigenvalue weighted by atomic mass is 10.1. The number of nitriles is 1. The number of aryl methyl sites for hydroxylation is 1. The van der Waals surface area contributed by atoms with E-state index in [2.05, 4.69) is 50.3 Å². The minimum absolute atomic E-state index is 0.161. The highest BCUT2D eigenvalue weighted by molar-refractivity contribution is 5.90. The molecule has 0 radical (unpaired) electrons. The molecule has 0 bridgehead atoms. The molecule has 0 amide bonds. The first-order chi connectivity index (χ1) is 17.1. The summed E-state index contributed by atoms with van der Waals surface area (Å²) in [5.41, 5.74) is 7.15. The predicted octanol–water partition coefficient (Wildman–Crippen LogP) is 5.01. The van der Waals surface area contributed by atoms with Crippen LogP contribution >= 0.6 is 0 Å². The van der Waals surface area contributed by atoms with Gasteiger partial charge in [0.15, 0.2) is 0 Å². The molecular weight excluding hydrogens is 436 g/mol. The SMILES string of the molecule is Cc1c(Nc2c(C#N)cncc2/C=C/c2ccc(CN3CCC(O)CC3)cn2)ccc2[nH]ccc12. The first-order valence-electron chi connectivity index (χ1n) is 11.9. The molecule has 3 aromatic heterocycles. The molecule has 0 aliphatic carbocycles. The van der Waals surface area contributed by atoms with Gasteiger partial charge in [0, 0.05) is 66.6 Å². The number of aliphatic hydroxyl groups is 1. The number of rotatable bonds is 6. The zero-order chi connectivity index (χ0) is 24.2. The lowest BCUT2D eigenvalue weighted by molar-refractivity contribution is 0.0792. The van der Waals surface area contributed by atoms with Crippen molar-refractivity contribution in [2.24, 2.45) is 0 Å². The molecule has 35 heavy (non-hydrogen) atoms. The van der Waals surface area contributed by atoms with E-state index in [-0.39, 0.29) is 6.10 Å². The van der Waals surface area contributed by atoms with E-state index in [9.17, 15) is 10.4 Å². The molecule has 1 aliphatic heterocycles. The van der Waals surface area contributed by atoms with Crippen LogP contribution in [-0.4, -0.2) is 44.2 Å². The summed E-state index contributed by atoms with van der Waals surface area (Å²) >= 11 is 0. The van der Waals surface area contributed by atoms with Crippen molar-refractivity contribution in [2.75, 3.05) is 18.4 Å². The Morgan fingerprint density at radius 1 is 1.14 bits per heavy atom. The Bertz CT molecular complexity index is 1390. The number of nitrogens with one attached hydrogen (secondary N) is 2. The van der Waals surface area contributed by atoms with Crippen LogP contribution < -0.4 is 5.32 Å². The highest BCUT2D eigenvalue weighted by atomic mass is 16.3. The summed E-state index contributed by atoms with van der Waals surface area (Å²) in [5.74, 6) is 0. The fourth-order valence-corrected chi connectivity index (χ4v) is 4.52. The Balaban J connectivity index is 1.35. The van der Waals surface area contributed by atoms with E-state index in [0.29, 0.717) is 5.56 Å². The molecule has 4 heterocycles. The number of likely N-dealkylation sites (tertiary alicyclic amines) is 1. The zero-order valence-electron chi connectivity index (χ0n) is 19.7. The molecule has 176 valence electrons. The van der Waals surface area contributed by atoms with Crippen molar-refractivity contribution < 1.29 is 5.11 Å². The Labute approximate surface area is 204 Å². The van der Waals surface area contributed by atoms with Crippen LogP contribution in [0.3, 0.4) is 0 Å². The van der Waals surface area contributed by atoms with Gasteiger partial charge in [-0.15, -0.1) is 0 Å². The van der Waals surface area contributed by atoms with Gasteiger partial charge in [-0.3, -0.25) is 14.9 Å². The maximum atomic E-state index is 9.70. The van der Waals surface area contributed by atoms with Crippen molar-refractivity contribution in [1.82, 2.24) is 19.9 Å². The van der Waals surface area contributed by atoms with E-state index in [1.54, 1.807) is 12.4 Å². The van der Waals surface area contributed by atoms with Crippen molar-refractivity contribution in [3.8, 4) is 6.07 Å². The fourth-order valence-electron chi connectivity index (χ4n) is 4.52. The molecule has 0 atom stereocenters. The summed E-state index contributed by atoms with van der Waals surface area (Å²) in [6.45, 7) is 4.74. The first kappa shape index (κ1) is 22.8. The number of H-pyrrole nitrogens is 1. The molecular formula is C28H28N6O. The second-order valence-electron chi connectivity index (χ2n) is 9.00. The topological polar surface area (TPSA) is 101 Å². The normalized spacial score (nSPS) is 15.0. The maximum Gasteiger partial charge on any atom is 0.103 e. The van der Waals surface area contributed by atoms with E-state index >= 15 is 0 Å². The fraction of sp³-hybridized carbons (Fsp3) is 0.250. The van der Waals surface area contributed by atoms with Crippen LogP contribution in [-0.2, 0) is 6.54 Å². The van der Waals surface area contributed by atoms with Crippen LogP contribution in [0.4, 0.5) is 11.4 Å². The largest absolute Gasteiger partial charge is 0.393 e. The highest BCUT2D eigenvalue weighted by Crippen LogP contribution is 2.31. The summed E-state index contributed by atoms with van der Waals surface area (Å²) < 4.78 is 0. The summed E-state index contributed by atoms with van der Waals surface area (Å²) in [6.07, 6.45) is 12.5. The number of hydrogen-bond donors (Lipinski definition) is 3. The van der Waals surface area contributed by atoms with Crippen LogP contribution in [0.1, 0.15) is 40.8 Å². The lowest BCUT2D eigenvalue weighted by Crippen LogP contribution is -2.35. The van der Waals surface area contributed by atoms with E-state index in [0.717, 1.165) is 77.1 Å². The number of fused-ring (bicyclic) bond motifs is 1. The molecule has 0 unspecified atom stereocenters. The van der Waals surface area contributed by atoms with Gasteiger partial charge < -0.3 is 15.4 Å². The molecule has 7 heteroatoms. The maximum absolute atomic E-state index is 9.70. The van der Waals surface area contributed by atoms with Gasteiger partial charge in [0.05, 0.1) is 23.0 Å². The van der Waals surface area contributed by atoms with Crippen molar-refractivity contribution >= 4 is 34.4 Å². The number of piperidine rings is 1. The molecule has 4 aromatic rings. The molecule has 1 saturated heterocycles. The van der Waals surface area contributed by atoms with Gasteiger partial charge in [0.2, 0.25) is 0 Å². The van der Waals surface area contributed by atoms with Crippen molar-refractivity contribution in [3.05, 3.63) is 83.1 Å². The van der Waals surface area contributed by atoms with Gasteiger partial charge in [0.25, 0.3) is 0 Å². The summed E-state index contributed by atoms with van der Waals surface area (Å²) in [4.78, 5) is 14.4. The van der Waals surface area contributed by atoms with Gasteiger partial charge in [0.1, 0.15) is 6.07 Å². The average Bonchev–Trinajstić information content (AvgIpc) is 3.37. The molecule has 1 aliphatic rings. The van der Waals surface area contributed by atoms with E-state index in [4.69, 9.17) is 0 Å². The standard InChI is InChI=1S/C28H28N6O/c1-19-25-8-11-31-27(25)7-6-26(19)33-28-21(16-30-17-22(28)14-29)3-5-23-4-2-20(15-32-23)18-34-12-9-24(35)10-13-34/h2-8,11,15-17,24,31,35H,9-10,12-13,18H2,1H3,(H,30,33)/b5-3+. The predicted molar refractivity (Wildman–Crippen MR) is 139 cm³/mol. The van der Waals surface area contributed by atoms with E-state index in [1.165, 1.54) is 0 Å². The lowest BCUT2D eigenvalue weighted by Gasteiger charge is -2.29. The van der Waals surface area contributed by atoms with Gasteiger partial charge in [-0.25, -0.2) is 0 Å². The van der Waals surface area contributed by atoms with Crippen LogP contribution in [0.25, 0.3) is 23.1 Å². The number of benzene rings is 1. The van der Waals surface area contributed by atoms with Crippen LogP contribution in [0.2, 0.25) is 0 Å². The Kier molecular flexibility index (Phi) is 6.57.